The molecule has 2 heterocycles. The number of nitrogens with zero attached hydrogens (tertiary/aromatic N) is 3. The number of likely N-dealkylation sites (N-methyl/N-ethyl adjacent to an activating group) is 1. The Morgan fingerprint density at radius 3 is 2.24 bits per heavy atom. The first-order chi connectivity index (χ1) is 22.2. The van der Waals surface area contributed by atoms with E-state index < -0.39 is 23.7 Å². The first-order valence-corrected chi connectivity index (χ1v) is 16.1. The van der Waals surface area contributed by atoms with Crippen LogP contribution in [-0.2, 0) is 26.1 Å². The molecule has 2 aliphatic rings. The van der Waals surface area contributed by atoms with Crippen LogP contribution in [0.3, 0.4) is 0 Å². The van der Waals surface area contributed by atoms with Gasteiger partial charge in [0.05, 0.1) is 44.6 Å². The fourth-order valence-electron chi connectivity index (χ4n) is 6.07. The average molecular weight is 652 g/mol. The second kappa shape index (κ2) is 17.0. The number of carbonyl (C=O) groups excluding carboxylic acids is 3. The van der Waals surface area contributed by atoms with Crippen molar-refractivity contribution < 1.29 is 42.5 Å². The minimum Gasteiger partial charge on any atom is -0.487 e. The molecule has 3 N–H and O–H groups in total. The molecule has 256 valence electrons. The molecule has 2 aromatic rings. The van der Waals surface area contributed by atoms with E-state index in [1.54, 1.807) is 30.8 Å². The van der Waals surface area contributed by atoms with Crippen LogP contribution in [0.2, 0.25) is 0 Å². The SMILES string of the molecule is CNC(C)C(=O)NC(C(=O)N1CCN(C(=O)c2cc3c(OCCOCCOCCO)c(F)c(F)cc3n2C)CC1)C1CCCCC1. The van der Waals surface area contributed by atoms with Crippen LogP contribution in [-0.4, -0.2) is 122 Å². The number of fused-ring (bicyclic) bond motifs is 1. The van der Waals surface area contributed by atoms with Crippen molar-refractivity contribution in [1.29, 1.82) is 0 Å². The van der Waals surface area contributed by atoms with Crippen LogP contribution >= 0.6 is 0 Å². The van der Waals surface area contributed by atoms with Gasteiger partial charge < -0.3 is 44.3 Å². The number of benzene rings is 1. The number of rotatable bonds is 15. The maximum absolute atomic E-state index is 14.8. The van der Waals surface area contributed by atoms with Crippen molar-refractivity contribution in [1.82, 2.24) is 25.0 Å². The van der Waals surface area contributed by atoms with E-state index in [0.29, 0.717) is 18.6 Å². The van der Waals surface area contributed by atoms with E-state index in [1.165, 1.54) is 10.6 Å². The van der Waals surface area contributed by atoms with Gasteiger partial charge in [-0.2, -0.15) is 4.39 Å². The molecule has 14 heteroatoms. The third-order valence-electron chi connectivity index (χ3n) is 8.89. The number of aliphatic hydroxyl groups excluding tert-OH is 1. The molecule has 2 fully saturated rings. The Kier molecular flexibility index (Phi) is 13.1. The van der Waals surface area contributed by atoms with Gasteiger partial charge >= 0.3 is 0 Å². The van der Waals surface area contributed by atoms with Crippen molar-refractivity contribution in [2.24, 2.45) is 13.0 Å². The number of piperazine rings is 1. The summed E-state index contributed by atoms with van der Waals surface area (Å²) in [6, 6.07) is 1.48. The molecule has 1 aromatic heterocycles. The lowest BCUT2D eigenvalue weighted by Crippen LogP contribution is -2.59. The molecule has 1 aromatic carbocycles. The second-order valence-electron chi connectivity index (χ2n) is 11.8. The lowest BCUT2D eigenvalue weighted by Gasteiger charge is -2.39. The molecule has 2 unspecified atom stereocenters. The van der Waals surface area contributed by atoms with Gasteiger partial charge in [-0.25, -0.2) is 4.39 Å². The van der Waals surface area contributed by atoms with Gasteiger partial charge in [0.2, 0.25) is 17.6 Å². The summed E-state index contributed by atoms with van der Waals surface area (Å²) in [4.78, 5) is 43.5. The molecule has 0 radical (unpaired) electrons. The number of aliphatic hydroxyl groups is 1. The highest BCUT2D eigenvalue weighted by Gasteiger charge is 2.36. The lowest BCUT2D eigenvalue weighted by molar-refractivity contribution is -0.140. The van der Waals surface area contributed by atoms with Gasteiger partial charge in [0.15, 0.2) is 11.6 Å². The zero-order valence-electron chi connectivity index (χ0n) is 27.0. The van der Waals surface area contributed by atoms with E-state index in [1.807, 2.05) is 0 Å². The number of amides is 3. The van der Waals surface area contributed by atoms with E-state index >= 15 is 0 Å². The predicted molar refractivity (Wildman–Crippen MR) is 167 cm³/mol. The van der Waals surface area contributed by atoms with E-state index in [4.69, 9.17) is 19.3 Å². The van der Waals surface area contributed by atoms with Crippen molar-refractivity contribution in [2.45, 2.75) is 51.1 Å². The molecule has 4 rings (SSSR count). The Morgan fingerprint density at radius 1 is 0.957 bits per heavy atom. The molecule has 0 bridgehead atoms. The Balaban J connectivity index is 1.41. The predicted octanol–water partition coefficient (Wildman–Crippen LogP) is 1.82. The Labute approximate surface area is 268 Å². The summed E-state index contributed by atoms with van der Waals surface area (Å²) in [6.07, 6.45) is 4.93. The van der Waals surface area contributed by atoms with Crippen LogP contribution < -0.4 is 15.4 Å². The van der Waals surface area contributed by atoms with E-state index in [0.717, 1.165) is 38.2 Å². The number of hydrogen-bond acceptors (Lipinski definition) is 8. The van der Waals surface area contributed by atoms with Crippen LogP contribution in [0.25, 0.3) is 10.9 Å². The minimum atomic E-state index is -1.15. The first-order valence-electron chi connectivity index (χ1n) is 16.1. The number of aromatic nitrogens is 1. The summed E-state index contributed by atoms with van der Waals surface area (Å²) in [7, 11) is 3.31. The zero-order chi connectivity index (χ0) is 33.2. The summed E-state index contributed by atoms with van der Waals surface area (Å²) < 4.78 is 47.0. The van der Waals surface area contributed by atoms with Crippen LogP contribution in [0.4, 0.5) is 8.78 Å². The molecule has 0 spiro atoms. The molecule has 3 amide bonds. The Hall–Kier alpha value is -3.33. The number of carbonyl (C=O) groups is 3. The second-order valence-corrected chi connectivity index (χ2v) is 11.8. The summed E-state index contributed by atoms with van der Waals surface area (Å²) >= 11 is 0. The third-order valence-corrected chi connectivity index (χ3v) is 8.89. The molecule has 46 heavy (non-hydrogen) atoms. The fourth-order valence-corrected chi connectivity index (χ4v) is 6.07. The minimum absolute atomic E-state index is 0.0557. The number of ether oxygens (including phenoxy) is 3. The van der Waals surface area contributed by atoms with Crippen LogP contribution in [0.1, 0.15) is 49.5 Å². The molecule has 1 aliphatic heterocycles. The Bertz CT molecular complexity index is 1340. The summed E-state index contributed by atoms with van der Waals surface area (Å²) in [6.45, 7) is 3.59. The quantitative estimate of drug-likeness (QED) is 0.249. The normalized spacial score (nSPS) is 17.3. The number of nitrogens with one attached hydrogen (secondary N) is 2. The highest BCUT2D eigenvalue weighted by molar-refractivity contribution is 6.00. The average Bonchev–Trinajstić information content (AvgIpc) is 3.40. The van der Waals surface area contributed by atoms with Gasteiger partial charge in [0, 0.05) is 44.7 Å². The molecule has 1 aliphatic carbocycles. The topological polar surface area (TPSA) is 135 Å². The maximum Gasteiger partial charge on any atom is 0.270 e. The van der Waals surface area contributed by atoms with Crippen molar-refractivity contribution in [3.8, 4) is 5.75 Å². The molecular formula is C32H47F2N5O7. The van der Waals surface area contributed by atoms with Crippen molar-refractivity contribution >= 4 is 28.6 Å². The van der Waals surface area contributed by atoms with Gasteiger partial charge in [-0.05, 0) is 38.8 Å². The largest absolute Gasteiger partial charge is 0.487 e. The molecule has 2 atom stereocenters. The summed E-state index contributed by atoms with van der Waals surface area (Å²) in [5.74, 6) is -3.17. The van der Waals surface area contributed by atoms with Crippen LogP contribution in [0.5, 0.6) is 5.75 Å². The highest BCUT2D eigenvalue weighted by Crippen LogP contribution is 2.34. The lowest BCUT2D eigenvalue weighted by atomic mass is 9.83. The van der Waals surface area contributed by atoms with Crippen molar-refractivity contribution in [3.63, 3.8) is 0 Å². The van der Waals surface area contributed by atoms with Crippen LogP contribution in [0, 0.1) is 17.6 Å². The third kappa shape index (κ3) is 8.52. The van der Waals surface area contributed by atoms with Crippen molar-refractivity contribution in [2.75, 3.05) is 72.9 Å². The number of aryl methyl sites for hydroxylation is 1. The zero-order valence-corrected chi connectivity index (χ0v) is 27.0. The number of halogens is 2. The summed E-state index contributed by atoms with van der Waals surface area (Å²) in [5, 5.41) is 14.9. The Morgan fingerprint density at radius 2 is 1.59 bits per heavy atom. The van der Waals surface area contributed by atoms with Gasteiger partial charge in [0.1, 0.15) is 18.3 Å². The first kappa shape index (κ1) is 35.5. The monoisotopic (exact) mass is 651 g/mol. The molecule has 12 nitrogen and oxygen atoms in total. The van der Waals surface area contributed by atoms with Gasteiger partial charge in [-0.15, -0.1) is 0 Å². The highest BCUT2D eigenvalue weighted by atomic mass is 19.2. The smallest absolute Gasteiger partial charge is 0.270 e. The van der Waals surface area contributed by atoms with Gasteiger partial charge in [0.25, 0.3) is 5.91 Å². The van der Waals surface area contributed by atoms with Crippen molar-refractivity contribution in [3.05, 3.63) is 29.5 Å². The standard InChI is InChI=1S/C32H47F2N5O7/c1-21(35-2)30(41)36-28(22-7-5-4-6-8-22)32(43)39-11-9-38(10-12-39)31(42)26-19-23-25(37(26)3)20-24(33)27(34)29(23)46-18-17-45-16-15-44-14-13-40/h19-22,28,35,40H,4-18H2,1-3H3,(H,36,41). The van der Waals surface area contributed by atoms with Crippen LogP contribution in [0.15, 0.2) is 12.1 Å². The number of hydrogen-bond donors (Lipinski definition) is 3. The maximum atomic E-state index is 14.8. The van der Waals surface area contributed by atoms with E-state index in [9.17, 15) is 23.2 Å². The molecule has 1 saturated carbocycles. The molecular weight excluding hydrogens is 604 g/mol. The van der Waals surface area contributed by atoms with Gasteiger partial charge in [-0.1, -0.05) is 19.3 Å². The van der Waals surface area contributed by atoms with E-state index in [2.05, 4.69) is 10.6 Å². The summed E-state index contributed by atoms with van der Waals surface area (Å²) in [5.41, 5.74) is 0.529. The van der Waals surface area contributed by atoms with Gasteiger partial charge in [-0.3, -0.25) is 14.4 Å². The van der Waals surface area contributed by atoms with E-state index in [-0.39, 0.29) is 93.2 Å². The molecule has 1 saturated heterocycles. The fraction of sp³-hybridized carbons (Fsp3) is 0.656.